The SMILES string of the molecule is Cl.O=C1Nc2ccc(CN3C(=O)[C@H]4C[C@H]4C3=O)cc2C1=Cc1cc(CN2CCOCC2)c[nH]1. The number of H-pyrrole nitrogens is 1. The summed E-state index contributed by atoms with van der Waals surface area (Å²) in [5.74, 6) is -0.490. The third-order valence-electron chi connectivity index (χ3n) is 6.74. The van der Waals surface area contributed by atoms with Crippen molar-refractivity contribution < 1.29 is 19.1 Å². The minimum Gasteiger partial charge on any atom is -0.379 e. The van der Waals surface area contributed by atoms with Gasteiger partial charge in [-0.2, -0.15) is 0 Å². The molecule has 2 N–H and O–H groups in total. The average molecular weight is 469 g/mol. The Morgan fingerprint density at radius 3 is 2.52 bits per heavy atom. The van der Waals surface area contributed by atoms with Crippen LogP contribution in [0.2, 0.25) is 0 Å². The van der Waals surface area contributed by atoms with Crippen LogP contribution in [0.4, 0.5) is 5.69 Å². The molecule has 1 aromatic carbocycles. The molecule has 0 spiro atoms. The van der Waals surface area contributed by atoms with Crippen molar-refractivity contribution in [2.45, 2.75) is 19.5 Å². The van der Waals surface area contributed by atoms with E-state index in [1.54, 1.807) is 0 Å². The van der Waals surface area contributed by atoms with Gasteiger partial charge in [-0.25, -0.2) is 0 Å². The third-order valence-corrected chi connectivity index (χ3v) is 6.74. The quantitative estimate of drug-likeness (QED) is 0.518. The van der Waals surface area contributed by atoms with Crippen molar-refractivity contribution >= 4 is 47.5 Å². The molecular weight excluding hydrogens is 444 g/mol. The van der Waals surface area contributed by atoms with Gasteiger partial charge in [0, 0.05) is 42.8 Å². The second kappa shape index (κ2) is 8.44. The number of hydrogen-bond acceptors (Lipinski definition) is 5. The Labute approximate surface area is 197 Å². The number of benzene rings is 1. The second-order valence-corrected chi connectivity index (χ2v) is 8.96. The minimum atomic E-state index is -0.156. The average Bonchev–Trinajstić information content (AvgIpc) is 3.31. The Bertz CT molecular complexity index is 1150. The van der Waals surface area contributed by atoms with Crippen molar-refractivity contribution in [1.29, 1.82) is 0 Å². The molecule has 2 atom stereocenters. The molecule has 33 heavy (non-hydrogen) atoms. The van der Waals surface area contributed by atoms with E-state index in [0.29, 0.717) is 12.0 Å². The van der Waals surface area contributed by atoms with Crippen LogP contribution >= 0.6 is 12.4 Å². The molecule has 3 amide bonds. The molecule has 2 saturated heterocycles. The van der Waals surface area contributed by atoms with Crippen LogP contribution in [0.1, 0.15) is 28.8 Å². The second-order valence-electron chi connectivity index (χ2n) is 8.96. The number of ether oxygens (including phenoxy) is 1. The highest BCUT2D eigenvalue weighted by Gasteiger charge is 2.58. The summed E-state index contributed by atoms with van der Waals surface area (Å²) >= 11 is 0. The summed E-state index contributed by atoms with van der Waals surface area (Å²) in [6.07, 6.45) is 4.53. The first kappa shape index (κ1) is 21.9. The first-order chi connectivity index (χ1) is 15.6. The maximum absolute atomic E-state index is 12.6. The maximum Gasteiger partial charge on any atom is 0.256 e. The van der Waals surface area contributed by atoms with Crippen molar-refractivity contribution in [2.24, 2.45) is 11.8 Å². The van der Waals surface area contributed by atoms with Gasteiger partial charge in [0.2, 0.25) is 11.8 Å². The van der Waals surface area contributed by atoms with Crippen LogP contribution in [0.15, 0.2) is 30.5 Å². The third kappa shape index (κ3) is 3.99. The lowest BCUT2D eigenvalue weighted by Gasteiger charge is -2.25. The van der Waals surface area contributed by atoms with Gasteiger partial charge in [0.1, 0.15) is 0 Å². The van der Waals surface area contributed by atoms with E-state index in [-0.39, 0.29) is 48.5 Å². The smallest absolute Gasteiger partial charge is 0.256 e. The van der Waals surface area contributed by atoms with Gasteiger partial charge >= 0.3 is 0 Å². The lowest BCUT2D eigenvalue weighted by atomic mass is 10.0. The number of hydrogen-bond donors (Lipinski definition) is 2. The number of anilines is 1. The summed E-state index contributed by atoms with van der Waals surface area (Å²) in [6.45, 7) is 4.46. The number of imide groups is 1. The summed E-state index contributed by atoms with van der Waals surface area (Å²) in [5.41, 5.74) is 4.97. The van der Waals surface area contributed by atoms with Gasteiger partial charge in [-0.3, -0.25) is 24.2 Å². The molecule has 4 aliphatic rings. The number of morpholine rings is 1. The van der Waals surface area contributed by atoms with Crippen molar-refractivity contribution in [1.82, 2.24) is 14.8 Å². The Morgan fingerprint density at radius 1 is 1.00 bits per heavy atom. The molecular formula is C24H25ClN4O4. The number of aromatic nitrogens is 1. The van der Waals surface area contributed by atoms with Crippen molar-refractivity contribution in [3.8, 4) is 0 Å². The number of carbonyl (C=O) groups excluding carboxylic acids is 3. The van der Waals surface area contributed by atoms with Crippen LogP contribution in [-0.2, 0) is 32.2 Å². The molecule has 1 saturated carbocycles. The van der Waals surface area contributed by atoms with Gasteiger partial charge in [0.25, 0.3) is 5.91 Å². The van der Waals surface area contributed by atoms with E-state index in [2.05, 4.69) is 21.3 Å². The molecule has 0 radical (unpaired) electrons. The van der Waals surface area contributed by atoms with E-state index in [1.165, 1.54) is 4.90 Å². The van der Waals surface area contributed by atoms with Crippen LogP contribution < -0.4 is 5.32 Å². The Balaban J connectivity index is 0.00000228. The molecule has 1 aliphatic carbocycles. The number of carbonyl (C=O) groups is 3. The van der Waals surface area contributed by atoms with E-state index < -0.39 is 0 Å². The normalized spacial score (nSPS) is 25.2. The zero-order valence-corrected chi connectivity index (χ0v) is 18.8. The number of fused-ring (bicyclic) bond motifs is 2. The number of piperidine rings is 1. The van der Waals surface area contributed by atoms with Gasteiger partial charge in [0.05, 0.1) is 37.2 Å². The fourth-order valence-corrected chi connectivity index (χ4v) is 4.87. The van der Waals surface area contributed by atoms with Crippen LogP contribution in [0.3, 0.4) is 0 Å². The fourth-order valence-electron chi connectivity index (χ4n) is 4.87. The number of amides is 3. The van der Waals surface area contributed by atoms with E-state index in [9.17, 15) is 14.4 Å². The first-order valence-electron chi connectivity index (χ1n) is 11.1. The number of nitrogens with one attached hydrogen (secondary N) is 2. The Morgan fingerprint density at radius 2 is 1.76 bits per heavy atom. The van der Waals surface area contributed by atoms with Gasteiger partial charge in [-0.1, -0.05) is 6.07 Å². The van der Waals surface area contributed by atoms with Crippen LogP contribution in [-0.4, -0.2) is 58.8 Å². The Hall–Kier alpha value is -2.94. The molecule has 8 nitrogen and oxygen atoms in total. The maximum atomic E-state index is 12.6. The summed E-state index contributed by atoms with van der Waals surface area (Å²) in [6, 6.07) is 7.67. The first-order valence-corrected chi connectivity index (χ1v) is 11.1. The van der Waals surface area contributed by atoms with Gasteiger partial charge in [0.15, 0.2) is 0 Å². The summed E-state index contributed by atoms with van der Waals surface area (Å²) in [5, 5.41) is 2.90. The zero-order chi connectivity index (χ0) is 21.8. The van der Waals surface area contributed by atoms with Crippen LogP contribution in [0.5, 0.6) is 0 Å². The minimum absolute atomic E-state index is 0. The summed E-state index contributed by atoms with van der Waals surface area (Å²) in [7, 11) is 0. The topological polar surface area (TPSA) is 94.7 Å². The molecule has 3 aliphatic heterocycles. The van der Waals surface area contributed by atoms with Crippen molar-refractivity contribution in [3.05, 3.63) is 52.8 Å². The van der Waals surface area contributed by atoms with Gasteiger partial charge < -0.3 is 15.0 Å². The van der Waals surface area contributed by atoms with Crippen molar-refractivity contribution in [2.75, 3.05) is 31.6 Å². The van der Waals surface area contributed by atoms with Gasteiger partial charge in [-0.15, -0.1) is 12.4 Å². The molecule has 9 heteroatoms. The Kier molecular flexibility index (Phi) is 5.60. The van der Waals surface area contributed by atoms with Crippen LogP contribution in [0.25, 0.3) is 11.6 Å². The predicted molar refractivity (Wildman–Crippen MR) is 124 cm³/mol. The van der Waals surface area contributed by atoms with Crippen LogP contribution in [0, 0.1) is 11.8 Å². The molecule has 172 valence electrons. The van der Waals surface area contributed by atoms with Gasteiger partial charge in [-0.05, 0) is 41.8 Å². The highest BCUT2D eigenvalue weighted by Crippen LogP contribution is 2.47. The molecule has 0 unspecified atom stereocenters. The standard InChI is InChI=1S/C24H24N4O4.ClH/c29-22-18(9-16-7-15(11-25-16)12-27-3-5-32-6-4-27)17-8-14(1-2-21(17)26-22)13-28-23(30)19-10-20(19)24(28)31;/h1-2,7-9,11,19-20,25H,3-6,10,12-13H2,(H,26,29);1H/t19-,20+;. The largest absolute Gasteiger partial charge is 0.379 e. The molecule has 0 bridgehead atoms. The molecule has 2 aromatic rings. The number of nitrogens with zero attached hydrogens (tertiary/aromatic N) is 2. The number of halogens is 1. The summed E-state index contributed by atoms with van der Waals surface area (Å²) in [4.78, 5) is 44.2. The highest BCUT2D eigenvalue weighted by molar-refractivity contribution is 6.34. The highest BCUT2D eigenvalue weighted by atomic mass is 35.5. The number of aromatic amines is 1. The monoisotopic (exact) mass is 468 g/mol. The van der Waals surface area contributed by atoms with Crippen molar-refractivity contribution in [3.63, 3.8) is 0 Å². The number of rotatable bonds is 5. The summed E-state index contributed by atoms with van der Waals surface area (Å²) < 4.78 is 5.40. The molecule has 6 rings (SSSR count). The lowest BCUT2D eigenvalue weighted by molar-refractivity contribution is -0.142. The number of likely N-dealkylation sites (tertiary alicyclic amines) is 1. The lowest BCUT2D eigenvalue weighted by Crippen LogP contribution is -2.35. The van der Waals surface area contributed by atoms with E-state index >= 15 is 0 Å². The van der Waals surface area contributed by atoms with E-state index in [1.807, 2.05) is 30.5 Å². The fraction of sp³-hybridized carbons (Fsp3) is 0.375. The van der Waals surface area contributed by atoms with E-state index in [4.69, 9.17) is 4.74 Å². The predicted octanol–water partition coefficient (Wildman–Crippen LogP) is 2.27. The molecule has 4 heterocycles. The van der Waals surface area contributed by atoms with E-state index in [0.717, 1.165) is 60.9 Å². The molecule has 1 aromatic heterocycles. The molecule has 3 fully saturated rings. The zero-order valence-electron chi connectivity index (χ0n) is 18.0.